The normalized spacial score (nSPS) is 37.1. The molecule has 0 radical (unpaired) electrons. The summed E-state index contributed by atoms with van der Waals surface area (Å²) in [7, 11) is 0. The van der Waals surface area contributed by atoms with Gasteiger partial charge < -0.3 is 19.7 Å². The SMILES string of the molecule is CC(C)(C)OC(=O)N1CCC(C2NOC(C3CCCC(C4CCOC4)N3)N2)CC1. The number of ether oxygens (including phenoxy) is 2. The first-order valence-electron chi connectivity index (χ1n) is 11.4. The summed E-state index contributed by atoms with van der Waals surface area (Å²) in [5, 5.41) is 7.49. The van der Waals surface area contributed by atoms with Crippen LogP contribution in [0.5, 0.6) is 0 Å². The molecule has 8 nitrogen and oxygen atoms in total. The Labute approximate surface area is 174 Å². The molecule has 4 heterocycles. The van der Waals surface area contributed by atoms with E-state index in [0.29, 0.717) is 23.9 Å². The van der Waals surface area contributed by atoms with Crippen molar-refractivity contribution in [3.63, 3.8) is 0 Å². The molecule has 0 aromatic heterocycles. The van der Waals surface area contributed by atoms with Crippen LogP contribution in [0, 0.1) is 11.8 Å². The second-order valence-corrected chi connectivity index (χ2v) is 10.0. The molecule has 4 aliphatic rings. The van der Waals surface area contributed by atoms with Gasteiger partial charge in [0, 0.05) is 31.8 Å². The van der Waals surface area contributed by atoms with Crippen molar-refractivity contribution >= 4 is 6.09 Å². The fourth-order valence-corrected chi connectivity index (χ4v) is 5.04. The van der Waals surface area contributed by atoms with Crippen LogP contribution in [0.3, 0.4) is 0 Å². The van der Waals surface area contributed by atoms with Crippen LogP contribution in [0.2, 0.25) is 0 Å². The molecule has 8 heteroatoms. The highest BCUT2D eigenvalue weighted by Crippen LogP contribution is 2.28. The van der Waals surface area contributed by atoms with Crippen molar-refractivity contribution in [2.24, 2.45) is 11.8 Å². The smallest absolute Gasteiger partial charge is 0.410 e. The maximum Gasteiger partial charge on any atom is 0.410 e. The fourth-order valence-electron chi connectivity index (χ4n) is 5.04. The highest BCUT2D eigenvalue weighted by atomic mass is 16.7. The number of piperidine rings is 2. The van der Waals surface area contributed by atoms with Crippen LogP contribution in [0.15, 0.2) is 0 Å². The number of carbonyl (C=O) groups excluding carboxylic acids is 1. The van der Waals surface area contributed by atoms with Crippen LogP contribution in [0.1, 0.15) is 59.3 Å². The molecule has 0 aromatic rings. The molecule has 4 fully saturated rings. The summed E-state index contributed by atoms with van der Waals surface area (Å²) in [6.45, 7) is 8.98. The molecule has 5 atom stereocenters. The van der Waals surface area contributed by atoms with Gasteiger partial charge in [-0.15, -0.1) is 0 Å². The Bertz CT molecular complexity index is 555. The minimum absolute atomic E-state index is 0.00555. The topological polar surface area (TPSA) is 84.1 Å². The van der Waals surface area contributed by atoms with Crippen LogP contribution >= 0.6 is 0 Å². The van der Waals surface area contributed by atoms with Crippen LogP contribution in [-0.2, 0) is 14.3 Å². The molecule has 166 valence electrons. The lowest BCUT2D eigenvalue weighted by Crippen LogP contribution is -2.56. The van der Waals surface area contributed by atoms with E-state index in [2.05, 4.69) is 16.1 Å². The van der Waals surface area contributed by atoms with Crippen LogP contribution in [0.4, 0.5) is 4.79 Å². The van der Waals surface area contributed by atoms with Gasteiger partial charge >= 0.3 is 6.09 Å². The summed E-state index contributed by atoms with van der Waals surface area (Å²) < 4.78 is 11.1. The number of hydrogen-bond donors (Lipinski definition) is 3. The average Bonchev–Trinajstić information content (AvgIpc) is 3.39. The minimum Gasteiger partial charge on any atom is -0.444 e. The maximum absolute atomic E-state index is 12.3. The highest BCUT2D eigenvalue weighted by molar-refractivity contribution is 5.68. The third-order valence-corrected chi connectivity index (χ3v) is 6.69. The molecule has 0 bridgehead atoms. The first kappa shape index (κ1) is 21.3. The molecule has 0 aromatic carbocycles. The Morgan fingerprint density at radius 2 is 1.76 bits per heavy atom. The zero-order chi connectivity index (χ0) is 20.4. The van der Waals surface area contributed by atoms with Gasteiger partial charge in [0.15, 0.2) is 0 Å². The van der Waals surface area contributed by atoms with Crippen molar-refractivity contribution in [3.05, 3.63) is 0 Å². The van der Waals surface area contributed by atoms with E-state index in [1.54, 1.807) is 0 Å². The molecule has 3 N–H and O–H groups in total. The van der Waals surface area contributed by atoms with Crippen molar-refractivity contribution in [2.75, 3.05) is 26.3 Å². The van der Waals surface area contributed by atoms with Crippen molar-refractivity contribution < 1.29 is 19.1 Å². The largest absolute Gasteiger partial charge is 0.444 e. The third kappa shape index (κ3) is 5.41. The molecule has 4 saturated heterocycles. The number of carbonyl (C=O) groups is 1. The summed E-state index contributed by atoms with van der Waals surface area (Å²) in [5.74, 6) is 1.08. The van der Waals surface area contributed by atoms with E-state index in [1.165, 1.54) is 19.3 Å². The molecule has 29 heavy (non-hydrogen) atoms. The van der Waals surface area contributed by atoms with Gasteiger partial charge in [0.1, 0.15) is 11.8 Å². The van der Waals surface area contributed by atoms with E-state index in [9.17, 15) is 4.79 Å². The summed E-state index contributed by atoms with van der Waals surface area (Å²) >= 11 is 0. The number of nitrogens with zero attached hydrogens (tertiary/aromatic N) is 1. The van der Waals surface area contributed by atoms with Crippen LogP contribution in [-0.4, -0.2) is 67.4 Å². The van der Waals surface area contributed by atoms with Gasteiger partial charge in [-0.25, -0.2) is 4.79 Å². The molecule has 0 saturated carbocycles. The van der Waals surface area contributed by atoms with E-state index < -0.39 is 5.60 Å². The second-order valence-electron chi connectivity index (χ2n) is 10.0. The number of rotatable bonds is 3. The van der Waals surface area contributed by atoms with Gasteiger partial charge in [-0.2, -0.15) is 5.48 Å². The van der Waals surface area contributed by atoms with Crippen molar-refractivity contribution in [1.29, 1.82) is 0 Å². The first-order chi connectivity index (χ1) is 13.9. The monoisotopic (exact) mass is 410 g/mol. The lowest BCUT2D eigenvalue weighted by Gasteiger charge is -2.37. The lowest BCUT2D eigenvalue weighted by atomic mass is 9.88. The number of nitrogens with one attached hydrogen (secondary N) is 3. The standard InChI is InChI=1S/C21H38N4O4/c1-21(2,3)28-20(26)25-10-7-14(8-11-25)18-23-19(29-24-18)17-6-4-5-16(22-17)15-9-12-27-13-15/h14-19,22-24H,4-13H2,1-3H3. The van der Waals surface area contributed by atoms with Gasteiger partial charge in [0.25, 0.3) is 0 Å². The molecular formula is C21H38N4O4. The predicted octanol–water partition coefficient (Wildman–Crippen LogP) is 1.96. The molecule has 0 aliphatic carbocycles. The van der Waals surface area contributed by atoms with Crippen molar-refractivity contribution in [2.45, 2.75) is 89.4 Å². The van der Waals surface area contributed by atoms with Gasteiger partial charge in [-0.1, -0.05) is 6.42 Å². The quantitative estimate of drug-likeness (QED) is 0.656. The van der Waals surface area contributed by atoms with E-state index in [-0.39, 0.29) is 18.5 Å². The number of hydrogen-bond acceptors (Lipinski definition) is 7. The van der Waals surface area contributed by atoms with Crippen LogP contribution in [0.25, 0.3) is 0 Å². The molecule has 4 rings (SSSR count). The Morgan fingerprint density at radius 3 is 2.45 bits per heavy atom. The van der Waals surface area contributed by atoms with Crippen molar-refractivity contribution in [1.82, 2.24) is 21.0 Å². The van der Waals surface area contributed by atoms with Gasteiger partial charge in [-0.05, 0) is 64.7 Å². The summed E-state index contributed by atoms with van der Waals surface area (Å²) in [6.07, 6.45) is 6.59. The average molecular weight is 411 g/mol. The zero-order valence-electron chi connectivity index (χ0n) is 18.1. The zero-order valence-corrected chi connectivity index (χ0v) is 18.1. The summed E-state index contributed by atoms with van der Waals surface area (Å²) in [4.78, 5) is 20.0. The Hall–Kier alpha value is -0.930. The third-order valence-electron chi connectivity index (χ3n) is 6.69. The predicted molar refractivity (Wildman–Crippen MR) is 109 cm³/mol. The van der Waals surface area contributed by atoms with Crippen molar-refractivity contribution in [3.8, 4) is 0 Å². The number of amides is 1. The number of hydroxylamine groups is 1. The van der Waals surface area contributed by atoms with Crippen LogP contribution < -0.4 is 16.1 Å². The van der Waals surface area contributed by atoms with Gasteiger partial charge in [-0.3, -0.25) is 10.2 Å². The second kappa shape index (κ2) is 9.06. The molecule has 1 amide bonds. The Kier molecular flexibility index (Phi) is 6.65. The van der Waals surface area contributed by atoms with E-state index >= 15 is 0 Å². The summed E-state index contributed by atoms with van der Waals surface area (Å²) in [6, 6.07) is 0.867. The first-order valence-corrected chi connectivity index (χ1v) is 11.4. The molecule has 0 spiro atoms. The van der Waals surface area contributed by atoms with Gasteiger partial charge in [0.05, 0.1) is 12.8 Å². The van der Waals surface area contributed by atoms with E-state index in [0.717, 1.165) is 45.6 Å². The Balaban J connectivity index is 1.22. The van der Waals surface area contributed by atoms with E-state index in [1.807, 2.05) is 25.7 Å². The molecular weight excluding hydrogens is 372 g/mol. The van der Waals surface area contributed by atoms with Gasteiger partial charge in [0.2, 0.25) is 0 Å². The minimum atomic E-state index is -0.445. The molecule has 4 aliphatic heterocycles. The maximum atomic E-state index is 12.3. The highest BCUT2D eigenvalue weighted by Gasteiger charge is 2.40. The van der Waals surface area contributed by atoms with E-state index in [4.69, 9.17) is 14.3 Å². The lowest BCUT2D eigenvalue weighted by molar-refractivity contribution is -0.0156. The number of likely N-dealkylation sites (tertiary alicyclic amines) is 1. The fraction of sp³-hybridized carbons (Fsp3) is 0.952. The molecule has 5 unspecified atom stereocenters. The summed E-state index contributed by atoms with van der Waals surface area (Å²) in [5.41, 5.74) is 2.78. The Morgan fingerprint density at radius 1 is 1.00 bits per heavy atom.